The lowest BCUT2D eigenvalue weighted by Crippen LogP contribution is -2.10. The van der Waals surface area contributed by atoms with Crippen LogP contribution in [0.3, 0.4) is 0 Å². The van der Waals surface area contributed by atoms with Gasteiger partial charge in [0.1, 0.15) is 0 Å². The van der Waals surface area contributed by atoms with Gasteiger partial charge in [0.15, 0.2) is 0 Å². The highest BCUT2D eigenvalue weighted by Gasteiger charge is 2.20. The van der Waals surface area contributed by atoms with Gasteiger partial charge in [0.05, 0.1) is 21.4 Å². The van der Waals surface area contributed by atoms with Crippen LogP contribution < -0.4 is 9.80 Å². The number of anilines is 6. The predicted molar refractivity (Wildman–Crippen MR) is 270 cm³/mol. The summed E-state index contributed by atoms with van der Waals surface area (Å²) < 4.78 is 79.0. The molecule has 0 atom stereocenters. The standard InChI is InChI=1S/C60H42N2S/c1-4-15-43(16-5-1)46-29-35-51(36-30-46)61(52-37-31-47(32-38-52)44-17-6-2-7-18-44)54-23-12-21-49(41-54)50-22-13-24-55(42-50)62(53-39-33-48(34-40-53)45-19-8-3-9-20-45)58-27-14-26-57-56-25-10-11-28-59(56)63-60(57)58/h1-42H/i12D,13D,21D,22D,23D,24D,41D,42D. The van der Waals surface area contributed by atoms with Crippen LogP contribution in [-0.2, 0) is 0 Å². The summed E-state index contributed by atoms with van der Waals surface area (Å²) in [4.78, 5) is 3.49. The summed E-state index contributed by atoms with van der Waals surface area (Å²) in [6.45, 7) is 0. The molecule has 10 aromatic carbocycles. The average molecular weight is 831 g/mol. The molecule has 0 saturated heterocycles. The number of hydrogen-bond acceptors (Lipinski definition) is 3. The number of benzene rings is 10. The number of rotatable bonds is 10. The van der Waals surface area contributed by atoms with Crippen LogP contribution in [0.25, 0.3) is 64.7 Å². The second kappa shape index (κ2) is 16.8. The van der Waals surface area contributed by atoms with Crippen molar-refractivity contribution >= 4 is 65.6 Å². The van der Waals surface area contributed by atoms with Crippen LogP contribution in [0.2, 0.25) is 0 Å². The van der Waals surface area contributed by atoms with E-state index in [9.17, 15) is 11.0 Å². The third-order valence-electron chi connectivity index (χ3n) is 11.2. The molecule has 1 aromatic heterocycles. The van der Waals surface area contributed by atoms with Gasteiger partial charge in [-0.3, -0.25) is 0 Å². The van der Waals surface area contributed by atoms with E-state index < -0.39 is 24.2 Å². The highest BCUT2D eigenvalue weighted by molar-refractivity contribution is 7.26. The molecule has 0 radical (unpaired) electrons. The fraction of sp³-hybridized carbons (Fsp3) is 0. The van der Waals surface area contributed by atoms with Crippen LogP contribution in [0.1, 0.15) is 11.0 Å². The number of fused-ring (bicyclic) bond motifs is 3. The summed E-state index contributed by atoms with van der Waals surface area (Å²) in [6, 6.07) is 63.4. The maximum Gasteiger partial charge on any atom is 0.0651 e. The van der Waals surface area contributed by atoms with Crippen LogP contribution in [0.4, 0.5) is 34.1 Å². The molecule has 11 rings (SSSR count). The molecule has 0 aliphatic carbocycles. The monoisotopic (exact) mass is 830 g/mol. The topological polar surface area (TPSA) is 6.48 Å². The van der Waals surface area contributed by atoms with Crippen LogP contribution in [0.15, 0.2) is 255 Å². The highest BCUT2D eigenvalue weighted by atomic mass is 32.1. The fourth-order valence-corrected chi connectivity index (χ4v) is 9.35. The molecular weight excluding hydrogens is 781 g/mol. The van der Waals surface area contributed by atoms with Crippen molar-refractivity contribution in [2.75, 3.05) is 9.80 Å². The second-order valence-electron chi connectivity index (χ2n) is 15.1. The van der Waals surface area contributed by atoms with Crippen molar-refractivity contribution in [2.45, 2.75) is 0 Å². The molecule has 1 heterocycles. The van der Waals surface area contributed by atoms with Crippen molar-refractivity contribution < 1.29 is 11.0 Å². The van der Waals surface area contributed by atoms with Gasteiger partial charge in [0.25, 0.3) is 0 Å². The van der Waals surface area contributed by atoms with Crippen LogP contribution in [-0.4, -0.2) is 0 Å². The number of thiophene rings is 1. The zero-order valence-electron chi connectivity index (χ0n) is 41.9. The van der Waals surface area contributed by atoms with Crippen molar-refractivity contribution in [3.8, 4) is 44.5 Å². The van der Waals surface area contributed by atoms with E-state index >= 15 is 0 Å². The van der Waals surface area contributed by atoms with Gasteiger partial charge in [-0.25, -0.2) is 0 Å². The van der Waals surface area contributed by atoms with Crippen molar-refractivity contribution in [3.05, 3.63) is 255 Å². The first kappa shape index (κ1) is 30.1. The molecule has 0 spiro atoms. The van der Waals surface area contributed by atoms with Crippen molar-refractivity contribution in [1.29, 1.82) is 0 Å². The minimum absolute atomic E-state index is 0.0231. The SMILES string of the molecule is [2H]c1c([2H])c(-c2c([2H])c([2H])c([2H])c(N(c3ccc(-c4ccccc4)cc3)c3cccc4c3sc3ccccc34)c2[2H])c([2H])c(N(c2ccc(-c3ccccc3)cc2)c2ccc(-c3ccccc3)cc2)c1[2H]. The molecule has 11 aromatic rings. The Balaban J connectivity index is 1.14. The lowest BCUT2D eigenvalue weighted by molar-refractivity contribution is 1.28. The van der Waals surface area contributed by atoms with Crippen molar-refractivity contribution in [1.82, 2.24) is 0 Å². The summed E-state index contributed by atoms with van der Waals surface area (Å²) in [5, 5.41) is 2.02. The zero-order valence-corrected chi connectivity index (χ0v) is 34.7. The minimum Gasteiger partial charge on any atom is -0.310 e. The van der Waals surface area contributed by atoms with Gasteiger partial charge in [-0.2, -0.15) is 0 Å². The number of hydrogen-bond donors (Lipinski definition) is 0. The van der Waals surface area contributed by atoms with Gasteiger partial charge in [-0.1, -0.05) is 182 Å². The quantitative estimate of drug-likeness (QED) is 0.135. The predicted octanol–water partition coefficient (Wildman–Crippen LogP) is 17.7. The first-order chi connectivity index (χ1) is 34.6. The van der Waals surface area contributed by atoms with E-state index in [1.165, 1.54) is 0 Å². The summed E-state index contributed by atoms with van der Waals surface area (Å²) in [5.74, 6) is 0. The second-order valence-corrected chi connectivity index (χ2v) is 16.2. The Morgan fingerprint density at radius 3 is 1.19 bits per heavy atom. The first-order valence-electron chi connectivity index (χ1n) is 24.8. The third kappa shape index (κ3) is 7.56. The maximum atomic E-state index is 10.2. The Morgan fingerprint density at radius 2 is 0.698 bits per heavy atom. The van der Waals surface area contributed by atoms with Gasteiger partial charge in [0.2, 0.25) is 0 Å². The molecule has 2 nitrogen and oxygen atoms in total. The van der Waals surface area contributed by atoms with E-state index in [0.29, 0.717) is 22.7 Å². The molecule has 298 valence electrons. The van der Waals surface area contributed by atoms with Gasteiger partial charge in [-0.05, 0) is 117 Å². The molecule has 0 aliphatic rings. The maximum absolute atomic E-state index is 10.2. The molecule has 0 N–H and O–H groups in total. The molecular formula is C60H42N2S. The summed E-state index contributed by atoms with van der Waals surface area (Å²) in [5.41, 5.74) is 7.68. The van der Waals surface area contributed by atoms with Crippen molar-refractivity contribution in [2.24, 2.45) is 0 Å². The Labute approximate surface area is 384 Å². The largest absolute Gasteiger partial charge is 0.310 e. The van der Waals surface area contributed by atoms with Gasteiger partial charge in [0, 0.05) is 43.9 Å². The van der Waals surface area contributed by atoms with E-state index in [1.807, 2.05) is 194 Å². The first-order valence-corrected chi connectivity index (χ1v) is 21.6. The number of nitrogens with zero attached hydrogens (tertiary/aromatic N) is 2. The van der Waals surface area contributed by atoms with E-state index in [4.69, 9.17) is 0 Å². The molecule has 0 unspecified atom stereocenters. The fourth-order valence-electron chi connectivity index (χ4n) is 8.15. The molecule has 63 heavy (non-hydrogen) atoms. The molecule has 0 aliphatic heterocycles. The third-order valence-corrected chi connectivity index (χ3v) is 12.5. The Morgan fingerprint density at radius 1 is 0.302 bits per heavy atom. The normalized spacial score (nSPS) is 13.0. The Bertz CT molecular complexity index is 3690. The van der Waals surface area contributed by atoms with Gasteiger partial charge < -0.3 is 9.80 Å². The van der Waals surface area contributed by atoms with Crippen molar-refractivity contribution in [3.63, 3.8) is 0 Å². The van der Waals surface area contributed by atoms with Gasteiger partial charge in [-0.15, -0.1) is 11.3 Å². The molecule has 3 heteroatoms. The smallest absolute Gasteiger partial charge is 0.0651 e. The average Bonchev–Trinajstić information content (AvgIpc) is 3.81. The summed E-state index contributed by atoms with van der Waals surface area (Å²) >= 11 is 1.57. The Hall–Kier alpha value is -7.98. The van der Waals surface area contributed by atoms with E-state index in [-0.39, 0.29) is 46.7 Å². The van der Waals surface area contributed by atoms with E-state index in [2.05, 4.69) is 12.1 Å². The molecule has 0 saturated carbocycles. The molecule has 0 amide bonds. The lowest BCUT2D eigenvalue weighted by Gasteiger charge is -2.27. The van der Waals surface area contributed by atoms with Gasteiger partial charge >= 0.3 is 0 Å². The highest BCUT2D eigenvalue weighted by Crippen LogP contribution is 2.46. The molecule has 0 fully saturated rings. The Kier molecular flexibility index (Phi) is 8.04. The summed E-state index contributed by atoms with van der Waals surface area (Å²) in [6.07, 6.45) is 0. The van der Waals surface area contributed by atoms with Crippen LogP contribution in [0.5, 0.6) is 0 Å². The zero-order chi connectivity index (χ0) is 48.9. The summed E-state index contributed by atoms with van der Waals surface area (Å²) in [7, 11) is 0. The lowest BCUT2D eigenvalue weighted by atomic mass is 10.0. The van der Waals surface area contributed by atoms with E-state index in [0.717, 1.165) is 53.6 Å². The van der Waals surface area contributed by atoms with E-state index in [1.54, 1.807) is 21.1 Å². The minimum atomic E-state index is -0.530. The molecule has 0 bridgehead atoms. The van der Waals surface area contributed by atoms with Crippen LogP contribution in [0, 0.1) is 0 Å². The van der Waals surface area contributed by atoms with Crippen LogP contribution >= 0.6 is 11.3 Å².